The van der Waals surface area contributed by atoms with Crippen LogP contribution in [-0.2, 0) is 0 Å². The largest absolute Gasteiger partial charge is 0.309 e. The summed E-state index contributed by atoms with van der Waals surface area (Å²) in [5.74, 6) is 0. The normalized spacial score (nSPS) is 12.0. The third-order valence-electron chi connectivity index (χ3n) is 12.8. The molecule has 0 bridgehead atoms. The second-order valence-electron chi connectivity index (χ2n) is 16.1. The summed E-state index contributed by atoms with van der Waals surface area (Å²) in [5, 5.41) is 7.64. The van der Waals surface area contributed by atoms with Crippen LogP contribution in [0.15, 0.2) is 218 Å². The number of rotatable bonds is 5. The van der Waals surface area contributed by atoms with Crippen LogP contribution in [0.2, 0.25) is 0 Å². The third-order valence-corrected chi connectivity index (χ3v) is 12.8. The Morgan fingerprint density at radius 2 is 0.700 bits per heavy atom. The van der Waals surface area contributed by atoms with E-state index in [9.17, 15) is 0 Å². The van der Waals surface area contributed by atoms with Gasteiger partial charge in [0.15, 0.2) is 0 Å². The number of para-hydroxylation sites is 2. The van der Waals surface area contributed by atoms with Crippen LogP contribution in [0.4, 0.5) is 0 Å². The lowest BCUT2D eigenvalue weighted by atomic mass is 9.96. The van der Waals surface area contributed by atoms with Gasteiger partial charge in [0.05, 0.1) is 22.1 Å². The second-order valence-corrected chi connectivity index (χ2v) is 16.1. The average Bonchev–Trinajstić information content (AvgIpc) is 3.95. The molecular weight excluding hydrogens is 725 g/mol. The molecule has 1 aliphatic rings. The molecule has 0 saturated heterocycles. The summed E-state index contributed by atoms with van der Waals surface area (Å²) in [4.78, 5) is 0. The summed E-state index contributed by atoms with van der Waals surface area (Å²) in [7, 11) is 0. The van der Waals surface area contributed by atoms with Crippen molar-refractivity contribution in [2.45, 2.75) is 0 Å². The van der Waals surface area contributed by atoms with Crippen LogP contribution < -0.4 is 0 Å². The molecule has 0 amide bonds. The van der Waals surface area contributed by atoms with Gasteiger partial charge in [0, 0.05) is 32.9 Å². The molecular formula is C58H36N2. The van der Waals surface area contributed by atoms with E-state index in [2.05, 4.69) is 228 Å². The van der Waals surface area contributed by atoms with Crippen LogP contribution in [0, 0.1) is 0 Å². The Morgan fingerprint density at radius 1 is 0.233 bits per heavy atom. The van der Waals surface area contributed by atoms with Crippen LogP contribution in [0.1, 0.15) is 0 Å². The fourth-order valence-electron chi connectivity index (χ4n) is 10.1. The summed E-state index contributed by atoms with van der Waals surface area (Å²) in [6.07, 6.45) is 0. The number of hydrogen-bond donors (Lipinski definition) is 0. The first-order valence-corrected chi connectivity index (χ1v) is 20.8. The molecule has 2 aromatic heterocycles. The summed E-state index contributed by atoms with van der Waals surface area (Å²) >= 11 is 0. The minimum absolute atomic E-state index is 1.16. The molecule has 0 radical (unpaired) electrons. The molecule has 13 rings (SSSR count). The maximum Gasteiger partial charge on any atom is 0.0541 e. The van der Waals surface area contributed by atoms with E-state index in [0.717, 1.165) is 11.4 Å². The predicted molar refractivity (Wildman–Crippen MR) is 253 cm³/mol. The van der Waals surface area contributed by atoms with Crippen molar-refractivity contribution in [1.82, 2.24) is 9.13 Å². The quantitative estimate of drug-likeness (QED) is 0.165. The van der Waals surface area contributed by atoms with E-state index in [-0.39, 0.29) is 0 Å². The van der Waals surface area contributed by atoms with E-state index < -0.39 is 0 Å². The van der Waals surface area contributed by atoms with E-state index in [4.69, 9.17) is 0 Å². The van der Waals surface area contributed by atoms with Crippen LogP contribution in [-0.4, -0.2) is 9.13 Å². The molecule has 0 atom stereocenters. The lowest BCUT2D eigenvalue weighted by Crippen LogP contribution is -1.94. The summed E-state index contributed by atoms with van der Waals surface area (Å²) in [6.45, 7) is 0. The van der Waals surface area contributed by atoms with E-state index in [0.29, 0.717) is 0 Å². The molecule has 60 heavy (non-hydrogen) atoms. The lowest BCUT2D eigenvalue weighted by Gasteiger charge is -2.12. The molecule has 0 saturated carbocycles. The monoisotopic (exact) mass is 760 g/mol. The van der Waals surface area contributed by atoms with Crippen molar-refractivity contribution in [2.75, 3.05) is 0 Å². The van der Waals surface area contributed by atoms with Crippen LogP contribution in [0.25, 0.3) is 121 Å². The van der Waals surface area contributed by atoms with Crippen molar-refractivity contribution in [1.29, 1.82) is 0 Å². The van der Waals surface area contributed by atoms with Gasteiger partial charge in [0.1, 0.15) is 0 Å². The van der Waals surface area contributed by atoms with Gasteiger partial charge in [-0.2, -0.15) is 0 Å². The van der Waals surface area contributed by atoms with E-state index >= 15 is 0 Å². The van der Waals surface area contributed by atoms with Gasteiger partial charge >= 0.3 is 0 Å². The Hall–Kier alpha value is -7.94. The zero-order chi connectivity index (χ0) is 39.3. The van der Waals surface area contributed by atoms with Crippen LogP contribution in [0.3, 0.4) is 0 Å². The Labute approximate surface area is 347 Å². The molecule has 0 unspecified atom stereocenters. The first-order valence-electron chi connectivity index (χ1n) is 20.8. The molecule has 0 spiro atoms. The van der Waals surface area contributed by atoms with Crippen molar-refractivity contribution < 1.29 is 0 Å². The molecule has 0 N–H and O–H groups in total. The number of benzene rings is 10. The molecule has 2 nitrogen and oxygen atoms in total. The zero-order valence-corrected chi connectivity index (χ0v) is 32.7. The van der Waals surface area contributed by atoms with Crippen LogP contribution >= 0.6 is 0 Å². The predicted octanol–water partition coefficient (Wildman–Crippen LogP) is 15.7. The second kappa shape index (κ2) is 12.8. The Bertz CT molecular complexity index is 3710. The first kappa shape index (κ1) is 33.1. The van der Waals surface area contributed by atoms with E-state index in [1.54, 1.807) is 0 Å². The Balaban J connectivity index is 0.931. The maximum atomic E-state index is 2.44. The number of hydrogen-bond acceptors (Lipinski definition) is 0. The molecule has 1 aliphatic carbocycles. The zero-order valence-electron chi connectivity index (χ0n) is 32.7. The molecule has 278 valence electrons. The average molecular weight is 761 g/mol. The number of nitrogens with zero attached hydrogens (tertiary/aromatic N) is 2. The molecule has 0 fully saturated rings. The molecule has 2 heterocycles. The van der Waals surface area contributed by atoms with Gasteiger partial charge < -0.3 is 9.13 Å². The minimum Gasteiger partial charge on any atom is -0.309 e. The summed E-state index contributed by atoms with van der Waals surface area (Å²) < 4.78 is 4.85. The van der Waals surface area contributed by atoms with Crippen molar-refractivity contribution in [3.05, 3.63) is 218 Å². The first-order chi connectivity index (χ1) is 29.7. The third kappa shape index (κ3) is 4.88. The number of fused-ring (bicyclic) bond motifs is 9. The van der Waals surface area contributed by atoms with Crippen molar-refractivity contribution >= 4 is 54.4 Å². The molecule has 12 aromatic rings. The van der Waals surface area contributed by atoms with Crippen molar-refractivity contribution in [3.8, 4) is 67.0 Å². The Kier molecular flexibility index (Phi) is 7.05. The highest BCUT2D eigenvalue weighted by Gasteiger charge is 2.22. The molecule has 0 aliphatic heterocycles. The maximum absolute atomic E-state index is 2.44. The smallest absolute Gasteiger partial charge is 0.0541 e. The standard InChI is InChI=1S/C58H36N2/c1-2-13-37(14-3-1)38-15-10-18-44(32-38)59-54-25-8-6-22-48(54)51-34-40(27-29-56(51)59)41-28-30-57-52(35-41)49-23-7-9-26-55(49)60(57)45-19-11-16-39(33-45)43-31-42-17-12-24-50-46-20-4-5-21-47(46)53(36-43)58(42)50/h1-36H. The lowest BCUT2D eigenvalue weighted by molar-refractivity contribution is 1.18. The fourth-order valence-corrected chi connectivity index (χ4v) is 10.1. The van der Waals surface area contributed by atoms with Gasteiger partial charge in [-0.25, -0.2) is 0 Å². The van der Waals surface area contributed by atoms with Crippen molar-refractivity contribution in [3.63, 3.8) is 0 Å². The topological polar surface area (TPSA) is 9.86 Å². The minimum atomic E-state index is 1.16. The highest BCUT2D eigenvalue weighted by atomic mass is 15.0. The van der Waals surface area contributed by atoms with Gasteiger partial charge in [0.2, 0.25) is 0 Å². The summed E-state index contributed by atoms with van der Waals surface area (Å²) in [6, 6.07) is 80.5. The van der Waals surface area contributed by atoms with Crippen molar-refractivity contribution in [2.24, 2.45) is 0 Å². The van der Waals surface area contributed by atoms with Gasteiger partial charge in [0.25, 0.3) is 0 Å². The summed E-state index contributed by atoms with van der Waals surface area (Å²) in [5.41, 5.74) is 19.7. The highest BCUT2D eigenvalue weighted by Crippen LogP contribution is 2.49. The van der Waals surface area contributed by atoms with Crippen LogP contribution in [0.5, 0.6) is 0 Å². The highest BCUT2D eigenvalue weighted by molar-refractivity contribution is 6.17. The van der Waals surface area contributed by atoms with Gasteiger partial charge in [-0.05, 0) is 139 Å². The SMILES string of the molecule is c1ccc(-c2cccc(-n3c4ccccc4c4cc(-c5ccc6c(c5)c5ccccc5n6-c5cccc(-c6cc7c8c(cccc8c6)-c6ccccc6-7)c5)ccc43)c2)cc1. The number of aromatic nitrogens is 2. The molecule has 2 heteroatoms. The van der Waals surface area contributed by atoms with E-state index in [1.165, 1.54) is 110 Å². The fraction of sp³-hybridized carbons (Fsp3) is 0. The Morgan fingerprint density at radius 3 is 1.33 bits per heavy atom. The van der Waals surface area contributed by atoms with Gasteiger partial charge in [-0.15, -0.1) is 0 Å². The van der Waals surface area contributed by atoms with E-state index in [1.807, 2.05) is 0 Å². The van der Waals surface area contributed by atoms with Gasteiger partial charge in [-0.3, -0.25) is 0 Å². The molecule has 10 aromatic carbocycles. The van der Waals surface area contributed by atoms with Gasteiger partial charge in [-0.1, -0.05) is 146 Å².